The number of hydrogen-bond acceptors (Lipinski definition) is 6. The van der Waals surface area contributed by atoms with Gasteiger partial charge in [0.15, 0.2) is 16.8 Å². The Labute approximate surface area is 186 Å². The van der Waals surface area contributed by atoms with Crippen molar-refractivity contribution in [2.75, 3.05) is 20.7 Å². The molecule has 0 fully saturated rings. The van der Waals surface area contributed by atoms with E-state index >= 15 is 0 Å². The van der Waals surface area contributed by atoms with Gasteiger partial charge in [0.2, 0.25) is 0 Å². The van der Waals surface area contributed by atoms with Crippen LogP contribution in [0.25, 0.3) is 5.69 Å². The molecule has 164 valence electrons. The van der Waals surface area contributed by atoms with E-state index in [2.05, 4.69) is 10.2 Å². The molecular formula is C23H27FN4O2S. The fourth-order valence-corrected chi connectivity index (χ4v) is 4.00. The van der Waals surface area contributed by atoms with Crippen LogP contribution in [0.1, 0.15) is 48.6 Å². The van der Waals surface area contributed by atoms with Gasteiger partial charge in [0.1, 0.15) is 11.6 Å². The Balaban J connectivity index is 1.98. The van der Waals surface area contributed by atoms with Crippen LogP contribution in [-0.4, -0.2) is 46.1 Å². The van der Waals surface area contributed by atoms with E-state index in [4.69, 9.17) is 4.74 Å². The van der Waals surface area contributed by atoms with Crippen molar-refractivity contribution >= 4 is 17.5 Å². The average molecular weight is 443 g/mol. The SMILES string of the molecule is CCOc1ccc(C(C)=O)cc1CSc1nnc([C@@H](C)N(C)C)n1-c1ccc(F)cc1. The standard InChI is InChI=1S/C23H27FN4O2S/c1-6-30-21-12-7-17(16(3)29)13-18(21)14-31-23-26-25-22(15(2)27(4)5)28(23)20-10-8-19(24)9-11-20/h7-13,15H,6,14H2,1-5H3/t15-/m1/s1. The van der Waals surface area contributed by atoms with Gasteiger partial charge in [0.25, 0.3) is 0 Å². The highest BCUT2D eigenvalue weighted by atomic mass is 32.2. The van der Waals surface area contributed by atoms with Gasteiger partial charge < -0.3 is 4.74 Å². The van der Waals surface area contributed by atoms with Crippen LogP contribution in [0.5, 0.6) is 5.75 Å². The second-order valence-corrected chi connectivity index (χ2v) is 8.34. The van der Waals surface area contributed by atoms with E-state index in [1.165, 1.54) is 23.9 Å². The van der Waals surface area contributed by atoms with E-state index in [0.717, 1.165) is 22.8 Å². The largest absolute Gasteiger partial charge is 0.494 e. The lowest BCUT2D eigenvalue weighted by Gasteiger charge is -2.20. The molecule has 0 amide bonds. The summed E-state index contributed by atoms with van der Waals surface area (Å²) in [5.74, 6) is 1.77. The fraction of sp³-hybridized carbons (Fsp3) is 0.348. The van der Waals surface area contributed by atoms with Gasteiger partial charge in [-0.15, -0.1) is 10.2 Å². The number of ether oxygens (including phenoxy) is 1. The molecule has 0 bridgehead atoms. The number of rotatable bonds is 9. The van der Waals surface area contributed by atoms with Crippen LogP contribution < -0.4 is 4.74 Å². The number of benzene rings is 2. The van der Waals surface area contributed by atoms with Crippen LogP contribution in [0.3, 0.4) is 0 Å². The maximum absolute atomic E-state index is 13.5. The number of carbonyl (C=O) groups is 1. The monoisotopic (exact) mass is 442 g/mol. The van der Waals surface area contributed by atoms with Gasteiger partial charge in [-0.25, -0.2) is 4.39 Å². The van der Waals surface area contributed by atoms with Crippen molar-refractivity contribution in [2.45, 2.75) is 37.7 Å². The van der Waals surface area contributed by atoms with Crippen molar-refractivity contribution in [3.8, 4) is 11.4 Å². The average Bonchev–Trinajstić information content (AvgIpc) is 3.16. The number of nitrogens with zero attached hydrogens (tertiary/aromatic N) is 4. The third-order valence-corrected chi connectivity index (χ3v) is 5.99. The summed E-state index contributed by atoms with van der Waals surface area (Å²) in [6, 6.07) is 11.8. The van der Waals surface area contributed by atoms with Crippen molar-refractivity contribution in [3.05, 3.63) is 65.2 Å². The minimum atomic E-state index is -0.296. The summed E-state index contributed by atoms with van der Waals surface area (Å²) in [6.45, 7) is 6.05. The highest BCUT2D eigenvalue weighted by Crippen LogP contribution is 2.32. The second kappa shape index (κ2) is 10.1. The van der Waals surface area contributed by atoms with Gasteiger partial charge in [0.05, 0.1) is 12.6 Å². The summed E-state index contributed by atoms with van der Waals surface area (Å²) >= 11 is 1.50. The van der Waals surface area contributed by atoms with Gasteiger partial charge >= 0.3 is 0 Å². The van der Waals surface area contributed by atoms with Crippen molar-refractivity contribution in [1.29, 1.82) is 0 Å². The Hall–Kier alpha value is -2.71. The van der Waals surface area contributed by atoms with Crippen molar-refractivity contribution in [3.63, 3.8) is 0 Å². The Bertz CT molecular complexity index is 1050. The summed E-state index contributed by atoms with van der Waals surface area (Å²) in [4.78, 5) is 13.9. The number of halogens is 1. The summed E-state index contributed by atoms with van der Waals surface area (Å²) in [7, 11) is 3.95. The van der Waals surface area contributed by atoms with Crippen LogP contribution in [0.15, 0.2) is 47.6 Å². The Morgan fingerprint density at radius 2 is 1.90 bits per heavy atom. The molecule has 6 nitrogen and oxygen atoms in total. The topological polar surface area (TPSA) is 60.2 Å². The maximum Gasteiger partial charge on any atom is 0.196 e. The van der Waals surface area contributed by atoms with Gasteiger partial charge in [-0.2, -0.15) is 0 Å². The van der Waals surface area contributed by atoms with Gasteiger partial charge in [-0.05, 0) is 77.3 Å². The van der Waals surface area contributed by atoms with E-state index < -0.39 is 0 Å². The zero-order chi connectivity index (χ0) is 22.5. The lowest BCUT2D eigenvalue weighted by Crippen LogP contribution is -2.20. The zero-order valence-corrected chi connectivity index (χ0v) is 19.2. The smallest absolute Gasteiger partial charge is 0.196 e. The molecule has 31 heavy (non-hydrogen) atoms. The van der Waals surface area contributed by atoms with Crippen LogP contribution in [0, 0.1) is 5.82 Å². The van der Waals surface area contributed by atoms with Crippen LogP contribution in [-0.2, 0) is 5.75 Å². The van der Waals surface area contributed by atoms with E-state index in [1.807, 2.05) is 49.5 Å². The summed E-state index contributed by atoms with van der Waals surface area (Å²) < 4.78 is 21.2. The number of thioether (sulfide) groups is 1. The van der Waals surface area contributed by atoms with E-state index in [9.17, 15) is 9.18 Å². The van der Waals surface area contributed by atoms with Crippen molar-refractivity contribution < 1.29 is 13.9 Å². The molecular weight excluding hydrogens is 415 g/mol. The molecule has 0 radical (unpaired) electrons. The molecule has 0 spiro atoms. The fourth-order valence-electron chi connectivity index (χ4n) is 3.06. The number of Topliss-reactive ketones (excluding diaryl/α,β-unsaturated/α-hetero) is 1. The number of ketones is 1. The highest BCUT2D eigenvalue weighted by molar-refractivity contribution is 7.98. The van der Waals surface area contributed by atoms with Gasteiger partial charge in [-0.1, -0.05) is 11.8 Å². The first-order chi connectivity index (χ1) is 14.8. The molecule has 0 unspecified atom stereocenters. The van der Waals surface area contributed by atoms with Gasteiger partial charge in [-0.3, -0.25) is 14.3 Å². The van der Waals surface area contributed by atoms with E-state index in [-0.39, 0.29) is 17.6 Å². The van der Waals surface area contributed by atoms with Crippen molar-refractivity contribution in [1.82, 2.24) is 19.7 Å². The second-order valence-electron chi connectivity index (χ2n) is 7.39. The first-order valence-corrected chi connectivity index (χ1v) is 11.1. The normalized spacial score (nSPS) is 12.2. The molecule has 8 heteroatoms. The molecule has 0 aliphatic rings. The molecule has 0 aliphatic carbocycles. The van der Waals surface area contributed by atoms with Crippen LogP contribution >= 0.6 is 11.8 Å². The Kier molecular flexibility index (Phi) is 7.46. The maximum atomic E-state index is 13.5. The quantitative estimate of drug-likeness (QED) is 0.346. The third kappa shape index (κ3) is 5.32. The molecule has 1 heterocycles. The molecule has 2 aromatic carbocycles. The van der Waals surface area contributed by atoms with Crippen LogP contribution in [0.4, 0.5) is 4.39 Å². The minimum absolute atomic E-state index is 0.00544. The predicted octanol–water partition coefficient (Wildman–Crippen LogP) is 4.92. The van der Waals surface area contributed by atoms with E-state index in [1.54, 1.807) is 25.1 Å². The Morgan fingerprint density at radius 1 is 1.19 bits per heavy atom. The highest BCUT2D eigenvalue weighted by Gasteiger charge is 2.21. The number of carbonyl (C=O) groups excluding carboxylic acids is 1. The van der Waals surface area contributed by atoms with Crippen molar-refractivity contribution in [2.24, 2.45) is 0 Å². The molecule has 1 aromatic heterocycles. The lowest BCUT2D eigenvalue weighted by molar-refractivity contribution is 0.101. The minimum Gasteiger partial charge on any atom is -0.494 e. The molecule has 1 atom stereocenters. The molecule has 3 aromatic rings. The predicted molar refractivity (Wildman–Crippen MR) is 121 cm³/mol. The van der Waals surface area contributed by atoms with Crippen LogP contribution in [0.2, 0.25) is 0 Å². The third-order valence-electron chi connectivity index (χ3n) is 5.02. The molecule has 3 rings (SSSR count). The molecule has 0 N–H and O–H groups in total. The Morgan fingerprint density at radius 3 is 2.52 bits per heavy atom. The first-order valence-electron chi connectivity index (χ1n) is 10.1. The molecule has 0 saturated carbocycles. The molecule has 0 saturated heterocycles. The van der Waals surface area contributed by atoms with E-state index in [0.29, 0.717) is 23.1 Å². The van der Waals surface area contributed by atoms with Gasteiger partial charge in [0, 0.05) is 22.6 Å². The molecule has 0 aliphatic heterocycles. The zero-order valence-electron chi connectivity index (χ0n) is 18.4. The summed E-state index contributed by atoms with van der Waals surface area (Å²) in [5.41, 5.74) is 2.34. The first kappa shape index (κ1) is 23.0. The summed E-state index contributed by atoms with van der Waals surface area (Å²) in [6.07, 6.45) is 0. The lowest BCUT2D eigenvalue weighted by atomic mass is 10.1. The number of hydrogen-bond donors (Lipinski definition) is 0. The summed E-state index contributed by atoms with van der Waals surface area (Å²) in [5, 5.41) is 9.52. The number of aromatic nitrogens is 3.